The quantitative estimate of drug-likeness (QED) is 0.675. The second kappa shape index (κ2) is 5.23. The van der Waals surface area contributed by atoms with Crippen LogP contribution in [0.4, 0.5) is 5.69 Å². The van der Waals surface area contributed by atoms with Crippen molar-refractivity contribution in [3.63, 3.8) is 0 Å². The van der Waals surface area contributed by atoms with Crippen LogP contribution < -0.4 is 5.73 Å². The number of nitrogens with two attached hydrogens (primary N) is 1. The molecule has 2 aromatic rings. The number of Topliss-reactive ketones (excluding diaryl/α,β-unsaturated/α-hetero) is 1. The third-order valence-electron chi connectivity index (χ3n) is 2.91. The van der Waals surface area contributed by atoms with E-state index in [1.807, 2.05) is 31.2 Å². The van der Waals surface area contributed by atoms with Crippen molar-refractivity contribution in [2.75, 3.05) is 5.73 Å². The predicted octanol–water partition coefficient (Wildman–Crippen LogP) is 3.66. The van der Waals surface area contributed by atoms with Crippen molar-refractivity contribution in [1.82, 2.24) is 0 Å². The Morgan fingerprint density at radius 1 is 1.22 bits per heavy atom. The van der Waals surface area contributed by atoms with Gasteiger partial charge >= 0.3 is 0 Å². The lowest BCUT2D eigenvalue weighted by molar-refractivity contribution is 0.0993. The molecule has 0 fully saturated rings. The number of hydrogen-bond donors (Lipinski definition) is 1. The summed E-state index contributed by atoms with van der Waals surface area (Å²) >= 11 is 6.03. The first-order chi connectivity index (χ1) is 8.58. The van der Waals surface area contributed by atoms with Gasteiger partial charge in [0.15, 0.2) is 5.78 Å². The minimum absolute atomic E-state index is 0.00861. The second-order valence-electron chi connectivity index (χ2n) is 4.27. The van der Waals surface area contributed by atoms with Crippen LogP contribution in [0, 0.1) is 6.92 Å². The first-order valence-corrected chi connectivity index (χ1v) is 6.08. The number of hydrogen-bond acceptors (Lipinski definition) is 2. The van der Waals surface area contributed by atoms with E-state index in [1.54, 1.807) is 18.2 Å². The lowest BCUT2D eigenvalue weighted by Crippen LogP contribution is -2.06. The SMILES string of the molecule is Cc1ccccc1CC(=O)c1ccc(N)cc1Cl. The zero-order chi connectivity index (χ0) is 13.1. The highest BCUT2D eigenvalue weighted by Gasteiger charge is 2.12. The summed E-state index contributed by atoms with van der Waals surface area (Å²) < 4.78 is 0. The molecule has 2 nitrogen and oxygen atoms in total. The maximum atomic E-state index is 12.2. The van der Waals surface area contributed by atoms with Gasteiger partial charge in [0.25, 0.3) is 0 Å². The van der Waals surface area contributed by atoms with E-state index in [0.717, 1.165) is 11.1 Å². The van der Waals surface area contributed by atoms with E-state index in [0.29, 0.717) is 22.7 Å². The summed E-state index contributed by atoms with van der Waals surface area (Å²) in [6.07, 6.45) is 0.357. The van der Waals surface area contributed by atoms with Crippen LogP contribution in [-0.4, -0.2) is 5.78 Å². The Kier molecular flexibility index (Phi) is 3.68. The summed E-state index contributed by atoms with van der Waals surface area (Å²) in [4.78, 5) is 12.2. The van der Waals surface area contributed by atoms with E-state index in [4.69, 9.17) is 17.3 Å². The Balaban J connectivity index is 2.25. The molecule has 0 spiro atoms. The Morgan fingerprint density at radius 2 is 1.94 bits per heavy atom. The highest BCUT2D eigenvalue weighted by molar-refractivity contribution is 6.34. The van der Waals surface area contributed by atoms with Gasteiger partial charge in [-0.1, -0.05) is 35.9 Å². The highest BCUT2D eigenvalue weighted by atomic mass is 35.5. The van der Waals surface area contributed by atoms with E-state index in [9.17, 15) is 4.79 Å². The van der Waals surface area contributed by atoms with Crippen molar-refractivity contribution >= 4 is 23.1 Å². The van der Waals surface area contributed by atoms with Gasteiger partial charge in [0.1, 0.15) is 0 Å². The molecule has 18 heavy (non-hydrogen) atoms. The molecule has 0 aliphatic heterocycles. The minimum atomic E-state index is 0.00861. The van der Waals surface area contributed by atoms with Gasteiger partial charge < -0.3 is 5.73 Å². The fourth-order valence-electron chi connectivity index (χ4n) is 1.83. The number of aryl methyl sites for hydroxylation is 1. The summed E-state index contributed by atoms with van der Waals surface area (Å²) in [5.41, 5.74) is 8.83. The fourth-order valence-corrected chi connectivity index (χ4v) is 2.13. The Bertz CT molecular complexity index is 593. The van der Waals surface area contributed by atoms with Gasteiger partial charge in [0, 0.05) is 17.7 Å². The molecule has 0 aliphatic rings. The van der Waals surface area contributed by atoms with Crippen LogP contribution in [0.1, 0.15) is 21.5 Å². The molecule has 0 bridgehead atoms. The molecule has 0 unspecified atom stereocenters. The number of carbonyl (C=O) groups excluding carboxylic acids is 1. The highest BCUT2D eigenvalue weighted by Crippen LogP contribution is 2.21. The first-order valence-electron chi connectivity index (χ1n) is 5.70. The van der Waals surface area contributed by atoms with Crippen molar-refractivity contribution in [3.8, 4) is 0 Å². The van der Waals surface area contributed by atoms with Gasteiger partial charge in [-0.15, -0.1) is 0 Å². The lowest BCUT2D eigenvalue weighted by Gasteiger charge is -2.07. The van der Waals surface area contributed by atoms with E-state index in [1.165, 1.54) is 0 Å². The molecule has 0 radical (unpaired) electrons. The average molecular weight is 260 g/mol. The molecular formula is C15H14ClNO. The number of rotatable bonds is 3. The smallest absolute Gasteiger partial charge is 0.168 e. The normalized spacial score (nSPS) is 10.3. The molecule has 2 aromatic carbocycles. The molecule has 2 N–H and O–H groups in total. The van der Waals surface area contributed by atoms with Gasteiger partial charge in [-0.2, -0.15) is 0 Å². The maximum absolute atomic E-state index is 12.2. The molecule has 0 amide bonds. The molecule has 92 valence electrons. The van der Waals surface area contributed by atoms with Gasteiger partial charge in [0.2, 0.25) is 0 Å². The van der Waals surface area contributed by atoms with Gasteiger partial charge in [-0.05, 0) is 36.2 Å². The summed E-state index contributed by atoms with van der Waals surface area (Å²) in [6, 6.07) is 12.8. The number of benzene rings is 2. The van der Waals surface area contributed by atoms with Crippen molar-refractivity contribution in [1.29, 1.82) is 0 Å². The number of carbonyl (C=O) groups is 1. The minimum Gasteiger partial charge on any atom is -0.399 e. The van der Waals surface area contributed by atoms with Gasteiger partial charge in [-0.3, -0.25) is 4.79 Å². The first kappa shape index (κ1) is 12.7. The van der Waals surface area contributed by atoms with Crippen LogP contribution in [0.5, 0.6) is 0 Å². The fraction of sp³-hybridized carbons (Fsp3) is 0.133. The number of anilines is 1. The van der Waals surface area contributed by atoms with E-state index in [2.05, 4.69) is 0 Å². The molecule has 0 saturated carbocycles. The average Bonchev–Trinajstić information content (AvgIpc) is 2.32. The summed E-state index contributed by atoms with van der Waals surface area (Å²) in [6.45, 7) is 1.99. The topological polar surface area (TPSA) is 43.1 Å². The van der Waals surface area contributed by atoms with Crippen LogP contribution in [0.25, 0.3) is 0 Å². The zero-order valence-electron chi connectivity index (χ0n) is 10.1. The molecule has 2 rings (SSSR count). The lowest BCUT2D eigenvalue weighted by atomic mass is 9.99. The van der Waals surface area contributed by atoms with Gasteiger partial charge in [-0.25, -0.2) is 0 Å². The third kappa shape index (κ3) is 2.71. The van der Waals surface area contributed by atoms with Crippen molar-refractivity contribution in [2.24, 2.45) is 0 Å². The standard InChI is InChI=1S/C15H14ClNO/c1-10-4-2-3-5-11(10)8-15(18)13-7-6-12(17)9-14(13)16/h2-7,9H,8,17H2,1H3. The Hall–Kier alpha value is -1.80. The van der Waals surface area contributed by atoms with Crippen LogP contribution in [0.3, 0.4) is 0 Å². The maximum Gasteiger partial charge on any atom is 0.168 e. The Labute approximate surface area is 111 Å². The third-order valence-corrected chi connectivity index (χ3v) is 3.22. The summed E-state index contributed by atoms with van der Waals surface area (Å²) in [5, 5.41) is 0.411. The van der Waals surface area contributed by atoms with Gasteiger partial charge in [0.05, 0.1) is 5.02 Å². The van der Waals surface area contributed by atoms with E-state index >= 15 is 0 Å². The van der Waals surface area contributed by atoms with Crippen LogP contribution in [0.15, 0.2) is 42.5 Å². The van der Waals surface area contributed by atoms with Crippen LogP contribution >= 0.6 is 11.6 Å². The monoisotopic (exact) mass is 259 g/mol. The van der Waals surface area contributed by atoms with Crippen LogP contribution in [0.2, 0.25) is 5.02 Å². The molecule has 0 aromatic heterocycles. The van der Waals surface area contributed by atoms with Crippen molar-refractivity contribution < 1.29 is 4.79 Å². The molecule has 0 saturated heterocycles. The second-order valence-corrected chi connectivity index (χ2v) is 4.67. The molecule has 0 aliphatic carbocycles. The zero-order valence-corrected chi connectivity index (χ0v) is 10.9. The predicted molar refractivity (Wildman–Crippen MR) is 75.1 cm³/mol. The van der Waals surface area contributed by atoms with E-state index in [-0.39, 0.29) is 5.78 Å². The van der Waals surface area contributed by atoms with Crippen LogP contribution in [-0.2, 0) is 6.42 Å². The number of nitrogen functional groups attached to an aromatic ring is 1. The summed E-state index contributed by atoms with van der Waals surface area (Å²) in [5.74, 6) is 0.00861. The van der Waals surface area contributed by atoms with Crippen molar-refractivity contribution in [2.45, 2.75) is 13.3 Å². The largest absolute Gasteiger partial charge is 0.399 e. The Morgan fingerprint density at radius 3 is 2.61 bits per heavy atom. The number of ketones is 1. The number of halogens is 1. The summed E-state index contributed by atoms with van der Waals surface area (Å²) in [7, 11) is 0. The molecule has 3 heteroatoms. The molecular weight excluding hydrogens is 246 g/mol. The van der Waals surface area contributed by atoms with E-state index < -0.39 is 0 Å². The molecule has 0 atom stereocenters. The molecule has 0 heterocycles. The van der Waals surface area contributed by atoms with Crippen molar-refractivity contribution in [3.05, 3.63) is 64.2 Å².